The monoisotopic (exact) mass is 298 g/mol. The molecule has 7 nitrogen and oxygen atoms in total. The second-order valence-electron chi connectivity index (χ2n) is 4.79. The van der Waals surface area contributed by atoms with Gasteiger partial charge in [-0.15, -0.1) is 0 Å². The van der Waals surface area contributed by atoms with Gasteiger partial charge in [0.15, 0.2) is 16.1 Å². The van der Waals surface area contributed by atoms with E-state index in [-0.39, 0.29) is 28.8 Å². The Bertz CT molecular complexity index is 656. The van der Waals surface area contributed by atoms with Crippen molar-refractivity contribution in [3.8, 4) is 0 Å². The Labute approximate surface area is 116 Å². The number of carbonyl (C=O) groups is 1. The quantitative estimate of drug-likeness (QED) is 0.468. The smallest absolute Gasteiger partial charge is 0.280 e. The zero-order chi connectivity index (χ0) is 14.9. The molecule has 0 aliphatic carbocycles. The van der Waals surface area contributed by atoms with Crippen LogP contribution in [0.1, 0.15) is 16.8 Å². The van der Waals surface area contributed by atoms with Crippen molar-refractivity contribution >= 4 is 27.5 Å². The maximum Gasteiger partial charge on any atom is 0.280 e. The highest BCUT2D eigenvalue weighted by molar-refractivity contribution is 7.91. The van der Waals surface area contributed by atoms with Crippen molar-refractivity contribution in [1.29, 1.82) is 0 Å². The van der Waals surface area contributed by atoms with Gasteiger partial charge in [0.2, 0.25) is 0 Å². The van der Waals surface area contributed by atoms with Gasteiger partial charge in [0.25, 0.3) is 5.69 Å². The first-order valence-electron chi connectivity index (χ1n) is 6.01. The summed E-state index contributed by atoms with van der Waals surface area (Å²) in [6.45, 7) is 0. The average Bonchev–Trinajstić information content (AvgIpc) is 2.77. The zero-order valence-corrected chi connectivity index (χ0v) is 11.7. The van der Waals surface area contributed by atoms with E-state index in [4.69, 9.17) is 0 Å². The standard InChI is InChI=1S/C12H14N2O5S/c1-13(11-4-5-20(18,19)8-11)10-2-3-12(14(16)17)9(6-10)7-15/h2-3,6-7,11H,4-5,8H2,1H3. The van der Waals surface area contributed by atoms with Crippen molar-refractivity contribution in [1.82, 2.24) is 0 Å². The lowest BCUT2D eigenvalue weighted by atomic mass is 10.1. The summed E-state index contributed by atoms with van der Waals surface area (Å²) >= 11 is 0. The molecule has 0 spiro atoms. The first-order chi connectivity index (χ1) is 9.34. The number of hydrogen-bond donors (Lipinski definition) is 0. The molecule has 0 saturated carbocycles. The van der Waals surface area contributed by atoms with E-state index in [9.17, 15) is 23.3 Å². The third-order valence-corrected chi connectivity index (χ3v) is 5.25. The number of rotatable bonds is 4. The second kappa shape index (κ2) is 5.20. The van der Waals surface area contributed by atoms with E-state index in [0.717, 1.165) is 0 Å². The van der Waals surface area contributed by atoms with Crippen LogP contribution in [0.15, 0.2) is 18.2 Å². The minimum Gasteiger partial charge on any atom is -0.371 e. The van der Waals surface area contributed by atoms with Crippen LogP contribution >= 0.6 is 0 Å². The summed E-state index contributed by atoms with van der Waals surface area (Å²) in [6, 6.07) is 4.03. The van der Waals surface area contributed by atoms with Gasteiger partial charge < -0.3 is 4.90 Å². The molecule has 108 valence electrons. The molecular weight excluding hydrogens is 284 g/mol. The zero-order valence-electron chi connectivity index (χ0n) is 10.9. The molecule has 20 heavy (non-hydrogen) atoms. The Kier molecular flexibility index (Phi) is 3.76. The van der Waals surface area contributed by atoms with Crippen molar-refractivity contribution in [2.24, 2.45) is 0 Å². The lowest BCUT2D eigenvalue weighted by Crippen LogP contribution is -2.32. The Hall–Kier alpha value is -1.96. The van der Waals surface area contributed by atoms with E-state index in [1.165, 1.54) is 18.2 Å². The molecule has 1 fully saturated rings. The van der Waals surface area contributed by atoms with E-state index in [0.29, 0.717) is 18.4 Å². The van der Waals surface area contributed by atoms with Crippen LogP contribution in [0.2, 0.25) is 0 Å². The third-order valence-electron chi connectivity index (χ3n) is 3.50. The maximum atomic E-state index is 11.5. The second-order valence-corrected chi connectivity index (χ2v) is 7.01. The molecule has 0 amide bonds. The molecule has 1 aromatic carbocycles. The van der Waals surface area contributed by atoms with Crippen LogP contribution in [0.4, 0.5) is 11.4 Å². The lowest BCUT2D eigenvalue weighted by Gasteiger charge is -2.25. The molecule has 0 bridgehead atoms. The highest BCUT2D eigenvalue weighted by Crippen LogP contribution is 2.27. The molecule has 1 aromatic rings. The normalized spacial score (nSPS) is 20.6. The SMILES string of the molecule is CN(c1ccc([N+](=O)[O-])c(C=O)c1)C1CCS(=O)(=O)C1. The van der Waals surface area contributed by atoms with Crippen molar-refractivity contribution in [2.45, 2.75) is 12.5 Å². The van der Waals surface area contributed by atoms with E-state index >= 15 is 0 Å². The summed E-state index contributed by atoms with van der Waals surface area (Å²) in [5.74, 6) is 0.215. The molecule has 1 unspecified atom stereocenters. The van der Waals surface area contributed by atoms with Gasteiger partial charge in [0, 0.05) is 24.8 Å². The van der Waals surface area contributed by atoms with Gasteiger partial charge in [-0.25, -0.2) is 8.42 Å². The van der Waals surface area contributed by atoms with Gasteiger partial charge in [0.05, 0.1) is 22.0 Å². The van der Waals surface area contributed by atoms with Crippen molar-refractivity contribution < 1.29 is 18.1 Å². The summed E-state index contributed by atoms with van der Waals surface area (Å²) in [4.78, 5) is 22.8. The van der Waals surface area contributed by atoms with Gasteiger partial charge in [-0.2, -0.15) is 0 Å². The molecule has 1 saturated heterocycles. The fraction of sp³-hybridized carbons (Fsp3) is 0.417. The third kappa shape index (κ3) is 2.79. The predicted molar refractivity (Wildman–Crippen MR) is 73.9 cm³/mol. The Morgan fingerprint density at radius 2 is 2.15 bits per heavy atom. The largest absolute Gasteiger partial charge is 0.371 e. The molecule has 1 atom stereocenters. The number of hydrogen-bond acceptors (Lipinski definition) is 6. The molecule has 0 N–H and O–H groups in total. The highest BCUT2D eigenvalue weighted by atomic mass is 32.2. The van der Waals surface area contributed by atoms with Gasteiger partial charge in [-0.1, -0.05) is 0 Å². The Morgan fingerprint density at radius 1 is 1.45 bits per heavy atom. The van der Waals surface area contributed by atoms with Crippen LogP contribution in [0.25, 0.3) is 0 Å². The van der Waals surface area contributed by atoms with Gasteiger partial charge in [-0.3, -0.25) is 14.9 Å². The van der Waals surface area contributed by atoms with Crippen molar-refractivity contribution in [3.05, 3.63) is 33.9 Å². The summed E-state index contributed by atoms with van der Waals surface area (Å²) in [7, 11) is -1.28. The Balaban J connectivity index is 2.29. The van der Waals surface area contributed by atoms with Crippen LogP contribution in [0.3, 0.4) is 0 Å². The van der Waals surface area contributed by atoms with E-state index in [1.807, 2.05) is 0 Å². The molecular formula is C12H14N2O5S. The minimum atomic E-state index is -3.01. The summed E-state index contributed by atoms with van der Waals surface area (Å²) in [5, 5.41) is 10.8. The molecule has 1 heterocycles. The van der Waals surface area contributed by atoms with Crippen LogP contribution in [0.5, 0.6) is 0 Å². The number of nitrogens with zero attached hydrogens (tertiary/aromatic N) is 2. The maximum absolute atomic E-state index is 11.5. The van der Waals surface area contributed by atoms with Crippen molar-refractivity contribution in [2.75, 3.05) is 23.5 Å². The topological polar surface area (TPSA) is 97.6 Å². The van der Waals surface area contributed by atoms with Crippen LogP contribution in [0, 0.1) is 10.1 Å². The van der Waals surface area contributed by atoms with Gasteiger partial charge in [0.1, 0.15) is 0 Å². The van der Waals surface area contributed by atoms with Crippen molar-refractivity contribution in [3.63, 3.8) is 0 Å². The summed E-state index contributed by atoms with van der Waals surface area (Å²) < 4.78 is 22.9. The van der Waals surface area contributed by atoms with E-state index in [1.54, 1.807) is 11.9 Å². The predicted octanol–water partition coefficient (Wildman–Crippen LogP) is 1.03. The van der Waals surface area contributed by atoms with Crippen LogP contribution in [-0.4, -0.2) is 44.2 Å². The molecule has 0 aromatic heterocycles. The number of anilines is 1. The number of nitro benzene ring substituents is 1. The van der Waals surface area contributed by atoms with Crippen LogP contribution in [-0.2, 0) is 9.84 Å². The average molecular weight is 298 g/mol. The molecule has 2 rings (SSSR count). The van der Waals surface area contributed by atoms with Gasteiger partial charge in [-0.05, 0) is 18.6 Å². The Morgan fingerprint density at radius 3 is 2.65 bits per heavy atom. The molecule has 0 radical (unpaired) electrons. The highest BCUT2D eigenvalue weighted by Gasteiger charge is 2.31. The lowest BCUT2D eigenvalue weighted by molar-refractivity contribution is -0.385. The first-order valence-corrected chi connectivity index (χ1v) is 7.83. The first kappa shape index (κ1) is 14.4. The fourth-order valence-electron chi connectivity index (χ4n) is 2.31. The molecule has 1 aliphatic heterocycles. The molecule has 8 heteroatoms. The summed E-state index contributed by atoms with van der Waals surface area (Å²) in [5.41, 5.74) is 0.330. The number of benzene rings is 1. The summed E-state index contributed by atoms with van der Waals surface area (Å²) in [6.07, 6.45) is 0.951. The fourth-order valence-corrected chi connectivity index (χ4v) is 4.09. The number of nitro groups is 1. The minimum absolute atomic E-state index is 0.0137. The van der Waals surface area contributed by atoms with E-state index in [2.05, 4.69) is 0 Å². The number of carbonyl (C=O) groups excluding carboxylic acids is 1. The van der Waals surface area contributed by atoms with Crippen LogP contribution < -0.4 is 4.90 Å². The molecule has 1 aliphatic rings. The van der Waals surface area contributed by atoms with Gasteiger partial charge >= 0.3 is 0 Å². The number of sulfone groups is 1. The van der Waals surface area contributed by atoms with E-state index < -0.39 is 14.8 Å². The number of aldehydes is 1.